The predicted molar refractivity (Wildman–Crippen MR) is 78.7 cm³/mol. The molecule has 0 saturated heterocycles. The van der Waals surface area contributed by atoms with Crippen molar-refractivity contribution in [3.8, 4) is 5.88 Å². The van der Waals surface area contributed by atoms with Crippen molar-refractivity contribution in [3.05, 3.63) is 18.2 Å². The second-order valence-corrected chi connectivity index (χ2v) is 5.17. The van der Waals surface area contributed by atoms with Gasteiger partial charge in [-0.15, -0.1) is 0 Å². The molecule has 1 aliphatic rings. The monoisotopic (exact) mass is 263 g/mol. The Balaban J connectivity index is 2.14. The Morgan fingerprint density at radius 2 is 2.11 bits per heavy atom. The highest BCUT2D eigenvalue weighted by Gasteiger charge is 2.22. The van der Waals surface area contributed by atoms with Gasteiger partial charge in [-0.25, -0.2) is 0 Å². The molecule has 0 bridgehead atoms. The van der Waals surface area contributed by atoms with Crippen LogP contribution in [0.15, 0.2) is 18.2 Å². The minimum Gasteiger partial charge on any atom is -0.481 e. The molecule has 0 aliphatic heterocycles. The van der Waals surface area contributed by atoms with E-state index in [1.807, 2.05) is 12.1 Å². The van der Waals surface area contributed by atoms with Crippen molar-refractivity contribution in [2.45, 2.75) is 44.6 Å². The van der Waals surface area contributed by atoms with E-state index in [0.717, 1.165) is 25.3 Å². The number of pyridine rings is 1. The van der Waals surface area contributed by atoms with Crippen LogP contribution in [0.2, 0.25) is 0 Å². The Morgan fingerprint density at radius 3 is 2.79 bits per heavy atom. The van der Waals surface area contributed by atoms with Crippen LogP contribution in [0.4, 0.5) is 5.82 Å². The zero-order valence-electron chi connectivity index (χ0n) is 11.8. The fourth-order valence-corrected chi connectivity index (χ4v) is 2.82. The van der Waals surface area contributed by atoms with Crippen molar-refractivity contribution in [3.63, 3.8) is 0 Å². The Kier molecular flexibility index (Phi) is 5.45. The maximum absolute atomic E-state index is 5.67. The van der Waals surface area contributed by atoms with Gasteiger partial charge in [0.25, 0.3) is 0 Å². The second-order valence-electron chi connectivity index (χ2n) is 5.17. The first-order chi connectivity index (χ1) is 9.35. The highest BCUT2D eigenvalue weighted by molar-refractivity contribution is 5.42. The molecule has 1 fully saturated rings. The van der Waals surface area contributed by atoms with Crippen molar-refractivity contribution in [2.24, 2.45) is 5.73 Å². The van der Waals surface area contributed by atoms with E-state index in [9.17, 15) is 0 Å². The molecular formula is C15H25N3O. The first-order valence-electron chi connectivity index (χ1n) is 7.33. The van der Waals surface area contributed by atoms with E-state index in [0.29, 0.717) is 11.9 Å². The molecule has 4 nitrogen and oxygen atoms in total. The SMILES string of the molecule is COc1cccc(N(CCCN)C2CCCCC2)n1. The van der Waals surface area contributed by atoms with E-state index in [1.54, 1.807) is 7.11 Å². The Hall–Kier alpha value is -1.29. The topological polar surface area (TPSA) is 51.4 Å². The summed E-state index contributed by atoms with van der Waals surface area (Å²) >= 11 is 0. The fourth-order valence-electron chi connectivity index (χ4n) is 2.82. The van der Waals surface area contributed by atoms with Crippen LogP contribution in [0.5, 0.6) is 5.88 Å². The van der Waals surface area contributed by atoms with Gasteiger partial charge in [-0.3, -0.25) is 0 Å². The molecule has 1 aromatic rings. The van der Waals surface area contributed by atoms with Crippen LogP contribution in [-0.4, -0.2) is 31.2 Å². The summed E-state index contributed by atoms with van der Waals surface area (Å²) in [7, 11) is 1.66. The van der Waals surface area contributed by atoms with Crippen LogP contribution < -0.4 is 15.4 Å². The third-order valence-electron chi connectivity index (χ3n) is 3.83. The smallest absolute Gasteiger partial charge is 0.214 e. The molecule has 1 aliphatic carbocycles. The lowest BCUT2D eigenvalue weighted by Crippen LogP contribution is -2.38. The first-order valence-corrected chi connectivity index (χ1v) is 7.33. The quantitative estimate of drug-likeness (QED) is 0.857. The normalized spacial score (nSPS) is 16.3. The number of methoxy groups -OCH3 is 1. The van der Waals surface area contributed by atoms with E-state index in [-0.39, 0.29) is 0 Å². The van der Waals surface area contributed by atoms with Crippen molar-refractivity contribution in [1.82, 2.24) is 4.98 Å². The van der Waals surface area contributed by atoms with E-state index >= 15 is 0 Å². The number of rotatable bonds is 6. The molecule has 0 amide bonds. The lowest BCUT2D eigenvalue weighted by atomic mass is 9.94. The van der Waals surface area contributed by atoms with E-state index < -0.39 is 0 Å². The third kappa shape index (κ3) is 3.83. The number of nitrogens with zero attached hydrogens (tertiary/aromatic N) is 2. The number of aromatic nitrogens is 1. The average molecular weight is 263 g/mol. The average Bonchev–Trinajstić information content (AvgIpc) is 2.49. The minimum absolute atomic E-state index is 0.611. The molecule has 1 aromatic heterocycles. The van der Waals surface area contributed by atoms with Gasteiger partial charge in [0.15, 0.2) is 0 Å². The molecule has 4 heteroatoms. The molecule has 1 saturated carbocycles. The first kappa shape index (κ1) is 14.1. The molecule has 0 atom stereocenters. The van der Waals surface area contributed by atoms with Gasteiger partial charge in [-0.05, 0) is 31.9 Å². The standard InChI is InChI=1S/C15H25N3O/c1-19-15-10-5-9-14(17-15)18(12-6-11-16)13-7-3-2-4-8-13/h5,9-10,13H,2-4,6-8,11-12,16H2,1H3. The number of hydrogen-bond acceptors (Lipinski definition) is 4. The Morgan fingerprint density at radius 1 is 1.32 bits per heavy atom. The summed E-state index contributed by atoms with van der Waals surface area (Å²) in [5.74, 6) is 1.71. The summed E-state index contributed by atoms with van der Waals surface area (Å²) in [4.78, 5) is 7.01. The largest absolute Gasteiger partial charge is 0.481 e. The number of anilines is 1. The van der Waals surface area contributed by atoms with Crippen molar-refractivity contribution in [2.75, 3.05) is 25.1 Å². The van der Waals surface area contributed by atoms with Crippen LogP contribution in [0.25, 0.3) is 0 Å². The van der Waals surface area contributed by atoms with E-state index in [1.165, 1.54) is 32.1 Å². The van der Waals surface area contributed by atoms with Crippen molar-refractivity contribution in [1.29, 1.82) is 0 Å². The maximum atomic E-state index is 5.67. The molecule has 2 rings (SSSR count). The minimum atomic E-state index is 0.611. The van der Waals surface area contributed by atoms with Crippen LogP contribution in [0, 0.1) is 0 Å². The van der Waals surface area contributed by atoms with Crippen LogP contribution in [-0.2, 0) is 0 Å². The van der Waals surface area contributed by atoms with Crippen molar-refractivity contribution < 1.29 is 4.74 Å². The van der Waals surface area contributed by atoms with Gasteiger partial charge in [0.2, 0.25) is 5.88 Å². The highest BCUT2D eigenvalue weighted by atomic mass is 16.5. The fraction of sp³-hybridized carbons (Fsp3) is 0.667. The summed E-state index contributed by atoms with van der Waals surface area (Å²) in [6.45, 7) is 1.72. The summed E-state index contributed by atoms with van der Waals surface area (Å²) in [5.41, 5.74) is 5.67. The lowest BCUT2D eigenvalue weighted by molar-refractivity contribution is 0.391. The molecule has 19 heavy (non-hydrogen) atoms. The summed E-state index contributed by atoms with van der Waals surface area (Å²) in [5, 5.41) is 0. The van der Waals surface area contributed by atoms with E-state index in [2.05, 4.69) is 16.0 Å². The molecule has 0 radical (unpaired) electrons. The third-order valence-corrected chi connectivity index (χ3v) is 3.83. The van der Waals surface area contributed by atoms with Crippen LogP contribution in [0.1, 0.15) is 38.5 Å². The van der Waals surface area contributed by atoms with Gasteiger partial charge in [-0.2, -0.15) is 4.98 Å². The zero-order chi connectivity index (χ0) is 13.5. The van der Waals surface area contributed by atoms with Gasteiger partial charge in [0.05, 0.1) is 7.11 Å². The molecule has 2 N–H and O–H groups in total. The Bertz CT molecular complexity index is 377. The summed E-state index contributed by atoms with van der Waals surface area (Å²) in [6, 6.07) is 6.60. The Labute approximate surface area is 116 Å². The summed E-state index contributed by atoms with van der Waals surface area (Å²) < 4.78 is 5.23. The molecule has 1 heterocycles. The predicted octanol–water partition coefficient (Wildman–Crippen LogP) is 2.58. The molecule has 0 aromatic carbocycles. The van der Waals surface area contributed by atoms with Gasteiger partial charge < -0.3 is 15.4 Å². The van der Waals surface area contributed by atoms with Gasteiger partial charge in [0, 0.05) is 18.7 Å². The lowest BCUT2D eigenvalue weighted by Gasteiger charge is -2.35. The van der Waals surface area contributed by atoms with Gasteiger partial charge >= 0.3 is 0 Å². The van der Waals surface area contributed by atoms with Crippen molar-refractivity contribution >= 4 is 5.82 Å². The molecule has 106 valence electrons. The van der Waals surface area contributed by atoms with Gasteiger partial charge in [-0.1, -0.05) is 25.3 Å². The summed E-state index contributed by atoms with van der Waals surface area (Å²) in [6.07, 6.45) is 7.57. The van der Waals surface area contributed by atoms with Gasteiger partial charge in [0.1, 0.15) is 5.82 Å². The van der Waals surface area contributed by atoms with E-state index in [4.69, 9.17) is 10.5 Å². The number of nitrogens with two attached hydrogens (primary N) is 1. The van der Waals surface area contributed by atoms with Crippen LogP contribution >= 0.6 is 0 Å². The number of ether oxygens (including phenoxy) is 1. The highest BCUT2D eigenvalue weighted by Crippen LogP contribution is 2.27. The molecule has 0 unspecified atom stereocenters. The maximum Gasteiger partial charge on any atom is 0.214 e. The number of hydrogen-bond donors (Lipinski definition) is 1. The zero-order valence-corrected chi connectivity index (χ0v) is 11.8. The van der Waals surface area contributed by atoms with Crippen LogP contribution in [0.3, 0.4) is 0 Å². The molecule has 0 spiro atoms. The molecular weight excluding hydrogens is 238 g/mol. The second kappa shape index (κ2) is 7.34.